The lowest BCUT2D eigenvalue weighted by Gasteiger charge is -2.44. The molecule has 0 amide bonds. The van der Waals surface area contributed by atoms with Gasteiger partial charge in [-0.3, -0.25) is 4.90 Å². The van der Waals surface area contributed by atoms with Crippen molar-refractivity contribution in [3.63, 3.8) is 0 Å². The summed E-state index contributed by atoms with van der Waals surface area (Å²) in [6, 6.07) is 14.0. The number of aromatic nitrogens is 1. The Bertz CT molecular complexity index is 2270. The Morgan fingerprint density at radius 1 is 0.949 bits per heavy atom. The SMILES string of the molecule is COc1ccccc1C(NS(=O)(=O)c1cccc(C(=O)O[C@@H](Cc2c(Cl)c[n+]([O-])cc2Cl)c2ccc(OC(F)F)c(OCC3CC3)c2)c1)C(=O)O[C@H]1CN2CCC1CC2. The average molecular weight is 877 g/mol. The van der Waals surface area contributed by atoms with E-state index in [1.54, 1.807) is 24.3 Å². The van der Waals surface area contributed by atoms with Gasteiger partial charge in [0.05, 0.1) is 24.2 Å². The van der Waals surface area contributed by atoms with Crippen LogP contribution in [0.25, 0.3) is 0 Å². The van der Waals surface area contributed by atoms with Crippen molar-refractivity contribution in [2.24, 2.45) is 11.8 Å². The van der Waals surface area contributed by atoms with Crippen LogP contribution in [0.1, 0.15) is 64.9 Å². The standard InChI is InChI=1S/C41H41Cl2F2N3O10S/c1-54-33-8-3-2-7-29(33)38(40(50)57-37-22-47-15-13-25(37)14-16-47)46-59(52,53)28-6-4-5-27(17-28)39(49)56-35(19-30-31(42)20-48(51)21-32(30)43)26-11-12-34(58-41(44)45)36(18-26)55-23-24-9-10-24/h2-8,11-12,17-18,20-21,24-25,35,37-38,41,46H,9-10,13-16,19,22-23H2,1H3/t35-,37-,38?/m0/s1. The van der Waals surface area contributed by atoms with Crippen LogP contribution in [0.2, 0.25) is 10.0 Å². The first-order valence-corrected chi connectivity index (χ1v) is 21.2. The Labute approximate surface area is 349 Å². The zero-order chi connectivity index (χ0) is 41.8. The molecule has 1 saturated carbocycles. The van der Waals surface area contributed by atoms with Crippen molar-refractivity contribution in [3.8, 4) is 17.2 Å². The number of methoxy groups -OCH3 is 1. The number of hydrogen-bond acceptors (Lipinski definition) is 11. The Kier molecular flexibility index (Phi) is 13.1. The van der Waals surface area contributed by atoms with Gasteiger partial charge in [0.2, 0.25) is 10.0 Å². The van der Waals surface area contributed by atoms with Crippen LogP contribution in [0.3, 0.4) is 0 Å². The second kappa shape index (κ2) is 18.3. The number of piperidine rings is 3. The van der Waals surface area contributed by atoms with Gasteiger partial charge in [0, 0.05) is 24.1 Å². The molecule has 8 rings (SSSR count). The van der Waals surface area contributed by atoms with Crippen LogP contribution in [-0.4, -0.2) is 71.3 Å². The summed E-state index contributed by atoms with van der Waals surface area (Å²) in [5, 5.41) is 11.9. The van der Waals surface area contributed by atoms with E-state index in [9.17, 15) is 32.0 Å². The summed E-state index contributed by atoms with van der Waals surface area (Å²) in [6.07, 6.45) is 3.89. The van der Waals surface area contributed by atoms with Crippen LogP contribution >= 0.6 is 23.2 Å². The maximum absolute atomic E-state index is 14.1. The van der Waals surface area contributed by atoms with Crippen LogP contribution in [-0.2, 0) is 30.7 Å². The summed E-state index contributed by atoms with van der Waals surface area (Å²) >= 11 is 12.8. The number of carbonyl (C=O) groups excluding carboxylic acids is 2. The van der Waals surface area contributed by atoms with Gasteiger partial charge in [-0.25, -0.2) is 18.0 Å². The Morgan fingerprint density at radius 3 is 2.34 bits per heavy atom. The van der Waals surface area contributed by atoms with E-state index in [-0.39, 0.29) is 79.3 Å². The number of halogens is 4. The van der Waals surface area contributed by atoms with E-state index < -0.39 is 46.8 Å². The van der Waals surface area contributed by atoms with Crippen molar-refractivity contribution in [2.75, 3.05) is 33.4 Å². The Balaban J connectivity index is 1.17. The fourth-order valence-electron chi connectivity index (χ4n) is 7.28. The van der Waals surface area contributed by atoms with Crippen LogP contribution < -0.4 is 23.7 Å². The highest BCUT2D eigenvalue weighted by molar-refractivity contribution is 7.89. The number of benzene rings is 3. The number of rotatable bonds is 17. The quantitative estimate of drug-likeness (QED) is 0.0675. The average Bonchev–Trinajstić information content (AvgIpc) is 4.05. The minimum atomic E-state index is -4.54. The molecule has 3 aromatic carbocycles. The van der Waals surface area contributed by atoms with Crippen LogP contribution in [0, 0.1) is 17.0 Å². The van der Waals surface area contributed by atoms with Gasteiger partial charge in [-0.05, 0) is 92.6 Å². The number of pyridine rings is 1. The van der Waals surface area contributed by atoms with Gasteiger partial charge in [0.15, 0.2) is 23.9 Å². The molecule has 1 unspecified atom stereocenters. The number of alkyl halides is 2. The van der Waals surface area contributed by atoms with E-state index in [2.05, 4.69) is 14.4 Å². The molecule has 1 aliphatic carbocycles. The number of sulfonamides is 1. The molecule has 3 saturated heterocycles. The zero-order valence-corrected chi connectivity index (χ0v) is 34.1. The van der Waals surface area contributed by atoms with Gasteiger partial charge in [0.25, 0.3) is 0 Å². The summed E-state index contributed by atoms with van der Waals surface area (Å²) in [5.41, 5.74) is 0.546. The van der Waals surface area contributed by atoms with E-state index in [0.717, 1.165) is 57.2 Å². The third-order valence-corrected chi connectivity index (χ3v) is 12.7. The van der Waals surface area contributed by atoms with Gasteiger partial charge in [-0.1, -0.05) is 53.5 Å². The van der Waals surface area contributed by atoms with Gasteiger partial charge >= 0.3 is 18.6 Å². The highest BCUT2D eigenvalue weighted by atomic mass is 35.5. The number of nitrogens with one attached hydrogen (secondary N) is 1. The summed E-state index contributed by atoms with van der Waals surface area (Å²) < 4.78 is 85.7. The molecule has 0 spiro atoms. The smallest absolute Gasteiger partial charge is 0.387 e. The molecule has 59 heavy (non-hydrogen) atoms. The van der Waals surface area contributed by atoms with E-state index in [0.29, 0.717) is 11.3 Å². The van der Waals surface area contributed by atoms with E-state index >= 15 is 0 Å². The molecule has 13 nitrogen and oxygen atoms in total. The molecule has 3 atom stereocenters. The second-order valence-electron chi connectivity index (χ2n) is 14.7. The molecule has 4 fully saturated rings. The number of hydrogen-bond donors (Lipinski definition) is 1. The minimum Gasteiger partial charge on any atom is -0.619 e. The van der Waals surface area contributed by atoms with Crippen LogP contribution in [0.4, 0.5) is 8.78 Å². The van der Waals surface area contributed by atoms with E-state index in [4.69, 9.17) is 42.1 Å². The molecular weight excluding hydrogens is 835 g/mol. The van der Waals surface area contributed by atoms with E-state index in [1.807, 2.05) is 0 Å². The first-order chi connectivity index (χ1) is 28.3. The monoisotopic (exact) mass is 875 g/mol. The van der Waals surface area contributed by atoms with Gasteiger partial charge in [-0.15, -0.1) is 0 Å². The largest absolute Gasteiger partial charge is 0.619 e. The normalized spacial score (nSPS) is 19.8. The summed E-state index contributed by atoms with van der Waals surface area (Å²) in [6.45, 7) is -0.519. The van der Waals surface area contributed by atoms with Crippen molar-refractivity contribution in [1.29, 1.82) is 0 Å². The molecule has 1 N–H and O–H groups in total. The predicted octanol–water partition coefficient (Wildman–Crippen LogP) is 6.82. The molecule has 1 aromatic heterocycles. The number of carbonyl (C=O) groups is 2. The lowest BCUT2D eigenvalue weighted by molar-refractivity contribution is -0.605. The Hall–Kier alpha value is -4.74. The van der Waals surface area contributed by atoms with Crippen molar-refractivity contribution in [3.05, 3.63) is 117 Å². The lowest BCUT2D eigenvalue weighted by atomic mass is 9.86. The van der Waals surface area contributed by atoms with Gasteiger partial charge in [0.1, 0.15) is 34.0 Å². The van der Waals surface area contributed by atoms with Crippen molar-refractivity contribution >= 4 is 45.2 Å². The topological polar surface area (TPSA) is 157 Å². The highest BCUT2D eigenvalue weighted by Crippen LogP contribution is 2.39. The fourth-order valence-corrected chi connectivity index (χ4v) is 9.09. The first-order valence-electron chi connectivity index (χ1n) is 18.9. The molecule has 3 aliphatic heterocycles. The maximum Gasteiger partial charge on any atom is 0.387 e. The lowest BCUT2D eigenvalue weighted by Crippen LogP contribution is -2.52. The summed E-state index contributed by atoms with van der Waals surface area (Å²) in [4.78, 5) is 29.7. The summed E-state index contributed by atoms with van der Waals surface area (Å²) in [5.74, 6) is -1.37. The van der Waals surface area contributed by atoms with Crippen LogP contribution in [0.15, 0.2) is 84.0 Å². The number of fused-ring (bicyclic) bond motifs is 3. The second-order valence-corrected chi connectivity index (χ2v) is 17.2. The first kappa shape index (κ1) is 42.4. The highest BCUT2D eigenvalue weighted by Gasteiger charge is 2.39. The zero-order valence-electron chi connectivity index (χ0n) is 31.7. The Morgan fingerprint density at radius 2 is 1.68 bits per heavy atom. The van der Waals surface area contributed by atoms with E-state index in [1.165, 1.54) is 43.5 Å². The third kappa shape index (κ3) is 10.4. The maximum atomic E-state index is 14.1. The summed E-state index contributed by atoms with van der Waals surface area (Å²) in [7, 11) is -3.14. The number of ether oxygens (including phenoxy) is 5. The number of esters is 2. The molecule has 314 valence electrons. The third-order valence-electron chi connectivity index (χ3n) is 10.6. The number of para-hydroxylation sites is 1. The molecule has 0 radical (unpaired) electrons. The molecule has 4 heterocycles. The fraction of sp³-hybridized carbons (Fsp3) is 0.390. The van der Waals surface area contributed by atoms with Crippen molar-refractivity contribution in [2.45, 2.75) is 61.9 Å². The van der Waals surface area contributed by atoms with Gasteiger partial charge < -0.3 is 28.9 Å². The minimum absolute atomic E-state index is 0.0193. The number of nitrogens with zero attached hydrogens (tertiary/aromatic N) is 2. The molecule has 4 aromatic rings. The predicted molar refractivity (Wildman–Crippen MR) is 210 cm³/mol. The van der Waals surface area contributed by atoms with Gasteiger partial charge in [-0.2, -0.15) is 18.2 Å². The molecule has 2 bridgehead atoms. The molecule has 4 aliphatic rings. The molecule has 18 heteroatoms. The van der Waals surface area contributed by atoms with Crippen molar-refractivity contribution in [1.82, 2.24) is 9.62 Å². The molecular formula is C41H41Cl2F2N3O10S. The van der Waals surface area contributed by atoms with Crippen LogP contribution in [0.5, 0.6) is 17.2 Å². The van der Waals surface area contributed by atoms with Crippen molar-refractivity contribution < 1.29 is 55.2 Å².